The molecule has 21 heavy (non-hydrogen) atoms. The number of nitrogens with two attached hydrogens (primary N) is 1. The van der Waals surface area contributed by atoms with Crippen LogP contribution in [0.1, 0.15) is 31.0 Å². The van der Waals surface area contributed by atoms with Gasteiger partial charge in [-0.15, -0.1) is 0 Å². The quantitative estimate of drug-likeness (QED) is 0.913. The molecule has 4 nitrogen and oxygen atoms in total. The molecular formula is C17H16N4. The molecule has 104 valence electrons. The van der Waals surface area contributed by atoms with Crippen LogP contribution in [-0.4, -0.2) is 9.78 Å². The van der Waals surface area contributed by atoms with Crippen LogP contribution in [0.25, 0.3) is 11.3 Å². The van der Waals surface area contributed by atoms with Crippen molar-refractivity contribution in [2.75, 3.05) is 5.73 Å². The Morgan fingerprint density at radius 2 is 1.95 bits per heavy atom. The topological polar surface area (TPSA) is 67.6 Å². The van der Waals surface area contributed by atoms with Gasteiger partial charge in [0, 0.05) is 6.07 Å². The van der Waals surface area contributed by atoms with Crippen LogP contribution in [-0.2, 0) is 0 Å². The summed E-state index contributed by atoms with van der Waals surface area (Å²) >= 11 is 0. The second-order valence-electron chi connectivity index (χ2n) is 5.23. The predicted molar refractivity (Wildman–Crippen MR) is 83.7 cm³/mol. The van der Waals surface area contributed by atoms with Gasteiger partial charge < -0.3 is 5.73 Å². The summed E-state index contributed by atoms with van der Waals surface area (Å²) in [5.74, 6) is 0.501. The Hall–Kier alpha value is -2.80. The first-order valence-corrected chi connectivity index (χ1v) is 6.90. The molecule has 1 aliphatic rings. The van der Waals surface area contributed by atoms with Crippen molar-refractivity contribution in [1.29, 1.82) is 5.26 Å². The van der Waals surface area contributed by atoms with Crippen LogP contribution in [0.5, 0.6) is 0 Å². The van der Waals surface area contributed by atoms with E-state index in [1.54, 1.807) is 12.1 Å². The van der Waals surface area contributed by atoms with Gasteiger partial charge in [-0.05, 0) is 49.6 Å². The second kappa shape index (κ2) is 5.29. The Bertz CT molecular complexity index is 770. The van der Waals surface area contributed by atoms with Crippen LogP contribution in [0.15, 0.2) is 48.1 Å². The first kappa shape index (κ1) is 13.2. The molecule has 1 heterocycles. The molecule has 0 amide bonds. The molecule has 0 bridgehead atoms. The van der Waals surface area contributed by atoms with E-state index in [0.29, 0.717) is 11.4 Å². The lowest BCUT2D eigenvalue weighted by Crippen LogP contribution is -2.03. The van der Waals surface area contributed by atoms with Gasteiger partial charge in [-0.2, -0.15) is 10.4 Å². The molecule has 0 radical (unpaired) electrons. The lowest BCUT2D eigenvalue weighted by Gasteiger charge is -2.14. The fourth-order valence-corrected chi connectivity index (χ4v) is 2.46. The number of nitrogens with zero attached hydrogens (tertiary/aromatic N) is 3. The summed E-state index contributed by atoms with van der Waals surface area (Å²) in [4.78, 5) is 0. The lowest BCUT2D eigenvalue weighted by molar-refractivity contribution is 0.856. The summed E-state index contributed by atoms with van der Waals surface area (Å²) in [6, 6.07) is 11.4. The molecule has 2 aromatic rings. The SMILES string of the molecule is CC1=CC=C(c2cc(N)nn2-c2ccc(C#N)cc2)CC1. The molecule has 0 atom stereocenters. The number of hydrogen-bond acceptors (Lipinski definition) is 3. The first-order valence-electron chi connectivity index (χ1n) is 6.90. The zero-order valence-electron chi connectivity index (χ0n) is 11.9. The van der Waals surface area contributed by atoms with Crippen molar-refractivity contribution in [2.24, 2.45) is 0 Å². The minimum Gasteiger partial charge on any atom is -0.382 e. The monoisotopic (exact) mass is 276 g/mol. The maximum absolute atomic E-state index is 8.88. The molecule has 2 N–H and O–H groups in total. The number of rotatable bonds is 2. The van der Waals surface area contributed by atoms with E-state index in [4.69, 9.17) is 11.0 Å². The zero-order valence-corrected chi connectivity index (χ0v) is 11.9. The third-order valence-corrected chi connectivity index (χ3v) is 3.66. The highest BCUT2D eigenvalue weighted by Gasteiger charge is 2.14. The molecule has 0 saturated carbocycles. The number of anilines is 1. The van der Waals surface area contributed by atoms with Gasteiger partial charge in [0.15, 0.2) is 0 Å². The molecule has 3 rings (SSSR count). The van der Waals surface area contributed by atoms with Gasteiger partial charge in [0.05, 0.1) is 23.0 Å². The molecule has 4 heteroatoms. The Labute approximate surface area is 123 Å². The van der Waals surface area contributed by atoms with Gasteiger partial charge in [0.2, 0.25) is 0 Å². The summed E-state index contributed by atoms with van der Waals surface area (Å²) in [7, 11) is 0. The minimum atomic E-state index is 0.501. The van der Waals surface area contributed by atoms with Gasteiger partial charge in [0.1, 0.15) is 5.82 Å². The van der Waals surface area contributed by atoms with Gasteiger partial charge in [-0.1, -0.05) is 17.7 Å². The molecule has 0 unspecified atom stereocenters. The molecule has 0 fully saturated rings. The average molecular weight is 276 g/mol. The summed E-state index contributed by atoms with van der Waals surface area (Å²) < 4.78 is 1.84. The average Bonchev–Trinajstić information content (AvgIpc) is 2.90. The van der Waals surface area contributed by atoms with Crippen molar-refractivity contribution in [3.63, 3.8) is 0 Å². The molecular weight excluding hydrogens is 260 g/mol. The standard InChI is InChI=1S/C17H16N4/c1-12-2-6-14(7-3-12)16-10-17(19)20-21(16)15-8-4-13(11-18)5-9-15/h2,4-6,8-10H,3,7H2,1H3,(H2,19,20). The van der Waals surface area contributed by atoms with Crippen molar-refractivity contribution >= 4 is 11.4 Å². The maximum Gasteiger partial charge on any atom is 0.146 e. The molecule has 0 aliphatic heterocycles. The largest absolute Gasteiger partial charge is 0.382 e. The highest BCUT2D eigenvalue weighted by atomic mass is 15.3. The fourth-order valence-electron chi connectivity index (χ4n) is 2.46. The lowest BCUT2D eigenvalue weighted by atomic mass is 9.97. The number of nitrogen functional groups attached to an aromatic ring is 1. The first-order chi connectivity index (χ1) is 10.2. The molecule has 0 spiro atoms. The number of aromatic nitrogens is 2. The van der Waals surface area contributed by atoms with Crippen molar-refractivity contribution < 1.29 is 0 Å². The van der Waals surface area contributed by atoms with E-state index >= 15 is 0 Å². The highest BCUT2D eigenvalue weighted by Crippen LogP contribution is 2.29. The Morgan fingerprint density at radius 1 is 1.19 bits per heavy atom. The summed E-state index contributed by atoms with van der Waals surface area (Å²) in [5, 5.41) is 13.3. The number of benzene rings is 1. The normalized spacial score (nSPS) is 14.3. The van der Waals surface area contributed by atoms with Crippen LogP contribution in [0.2, 0.25) is 0 Å². The molecule has 1 aliphatic carbocycles. The predicted octanol–water partition coefficient (Wildman–Crippen LogP) is 3.45. The van der Waals surface area contributed by atoms with Gasteiger partial charge in [-0.25, -0.2) is 4.68 Å². The van der Waals surface area contributed by atoms with E-state index < -0.39 is 0 Å². The number of nitriles is 1. The van der Waals surface area contributed by atoms with E-state index in [1.165, 1.54) is 11.1 Å². The van der Waals surface area contributed by atoms with Crippen molar-refractivity contribution in [3.8, 4) is 11.8 Å². The third kappa shape index (κ3) is 2.59. The second-order valence-corrected chi connectivity index (χ2v) is 5.23. The van der Waals surface area contributed by atoms with Crippen molar-refractivity contribution in [1.82, 2.24) is 9.78 Å². The number of hydrogen-bond donors (Lipinski definition) is 1. The fraction of sp³-hybridized carbons (Fsp3) is 0.176. The van der Waals surface area contributed by atoms with E-state index in [2.05, 4.69) is 30.2 Å². The maximum atomic E-state index is 8.88. The molecule has 0 saturated heterocycles. The van der Waals surface area contributed by atoms with E-state index in [0.717, 1.165) is 24.2 Å². The smallest absolute Gasteiger partial charge is 0.146 e. The summed E-state index contributed by atoms with van der Waals surface area (Å²) in [6.07, 6.45) is 6.33. The van der Waals surface area contributed by atoms with E-state index in [-0.39, 0.29) is 0 Å². The Kier molecular flexibility index (Phi) is 3.33. The summed E-state index contributed by atoms with van der Waals surface area (Å²) in [6.45, 7) is 2.14. The summed E-state index contributed by atoms with van der Waals surface area (Å²) in [5.41, 5.74) is 11.1. The van der Waals surface area contributed by atoms with Crippen LogP contribution in [0, 0.1) is 11.3 Å². The van der Waals surface area contributed by atoms with Gasteiger partial charge >= 0.3 is 0 Å². The highest BCUT2D eigenvalue weighted by molar-refractivity contribution is 5.69. The van der Waals surface area contributed by atoms with E-state index in [9.17, 15) is 0 Å². The van der Waals surface area contributed by atoms with Crippen LogP contribution < -0.4 is 5.73 Å². The van der Waals surface area contributed by atoms with Crippen LogP contribution in [0.4, 0.5) is 5.82 Å². The van der Waals surface area contributed by atoms with Crippen molar-refractivity contribution in [2.45, 2.75) is 19.8 Å². The Balaban J connectivity index is 2.05. The molecule has 1 aromatic heterocycles. The molecule has 1 aromatic carbocycles. The number of allylic oxidation sites excluding steroid dienone is 4. The Morgan fingerprint density at radius 3 is 2.57 bits per heavy atom. The van der Waals surface area contributed by atoms with Crippen LogP contribution >= 0.6 is 0 Å². The van der Waals surface area contributed by atoms with Gasteiger partial charge in [-0.3, -0.25) is 0 Å². The third-order valence-electron chi connectivity index (χ3n) is 3.66. The van der Waals surface area contributed by atoms with Crippen LogP contribution in [0.3, 0.4) is 0 Å². The van der Waals surface area contributed by atoms with Gasteiger partial charge in [0.25, 0.3) is 0 Å². The van der Waals surface area contributed by atoms with Crippen molar-refractivity contribution in [3.05, 3.63) is 59.3 Å². The van der Waals surface area contributed by atoms with E-state index in [1.807, 2.05) is 22.9 Å². The minimum absolute atomic E-state index is 0.501. The zero-order chi connectivity index (χ0) is 14.8.